The van der Waals surface area contributed by atoms with Gasteiger partial charge in [0.1, 0.15) is 10.8 Å². The third-order valence-corrected chi connectivity index (χ3v) is 5.39. The monoisotopic (exact) mass is 385 g/mol. The number of halogens is 2. The Hall–Kier alpha value is -3.06. The number of thiophene rings is 1. The Morgan fingerprint density at radius 3 is 2.30 bits per heavy atom. The maximum atomic E-state index is 15.8. The Morgan fingerprint density at radius 2 is 1.67 bits per heavy atom. The predicted molar refractivity (Wildman–Crippen MR) is 98.5 cm³/mol. The number of ether oxygens (including phenoxy) is 1. The van der Waals surface area contributed by atoms with Crippen LogP contribution < -0.4 is 10.1 Å². The first-order valence-electron chi connectivity index (χ1n) is 8.04. The molecule has 0 spiro atoms. The molecule has 1 amide bonds. The SMILES string of the molecule is COc1ccc(C2(F)C(=O)Nc3sc(F)c(-c4ccccc4)c3C2=O)cc1. The first-order valence-corrected chi connectivity index (χ1v) is 8.86. The van der Waals surface area contributed by atoms with Crippen LogP contribution in [0.5, 0.6) is 5.75 Å². The van der Waals surface area contributed by atoms with Crippen molar-refractivity contribution in [3.05, 3.63) is 70.9 Å². The molecule has 1 atom stereocenters. The van der Waals surface area contributed by atoms with E-state index < -0.39 is 22.5 Å². The Labute approximate surface area is 157 Å². The molecule has 2 aromatic carbocycles. The van der Waals surface area contributed by atoms with E-state index in [2.05, 4.69) is 5.32 Å². The molecule has 0 bridgehead atoms. The highest BCUT2D eigenvalue weighted by molar-refractivity contribution is 7.15. The number of hydrogen-bond acceptors (Lipinski definition) is 4. The lowest BCUT2D eigenvalue weighted by Gasteiger charge is -2.28. The van der Waals surface area contributed by atoms with Gasteiger partial charge in [0.05, 0.1) is 12.7 Å². The van der Waals surface area contributed by atoms with E-state index in [1.165, 1.54) is 31.4 Å². The van der Waals surface area contributed by atoms with Gasteiger partial charge in [0, 0.05) is 11.1 Å². The molecule has 0 saturated carbocycles. The van der Waals surface area contributed by atoms with Crippen molar-refractivity contribution in [3.63, 3.8) is 0 Å². The highest BCUT2D eigenvalue weighted by Gasteiger charge is 2.54. The summed E-state index contributed by atoms with van der Waals surface area (Å²) < 4.78 is 35.4. The lowest BCUT2D eigenvalue weighted by molar-refractivity contribution is -0.125. The van der Waals surface area contributed by atoms with Gasteiger partial charge in [-0.15, -0.1) is 0 Å². The summed E-state index contributed by atoms with van der Waals surface area (Å²) in [6.07, 6.45) is 0. The van der Waals surface area contributed by atoms with E-state index in [4.69, 9.17) is 4.74 Å². The average Bonchev–Trinajstić information content (AvgIpc) is 3.02. The van der Waals surface area contributed by atoms with Gasteiger partial charge in [0.25, 0.3) is 11.6 Å². The number of hydrogen-bond donors (Lipinski definition) is 1. The number of anilines is 1. The Morgan fingerprint density at radius 1 is 1.00 bits per heavy atom. The van der Waals surface area contributed by atoms with Crippen molar-refractivity contribution in [1.29, 1.82) is 0 Å². The van der Waals surface area contributed by atoms with Crippen LogP contribution in [0.4, 0.5) is 13.8 Å². The van der Waals surface area contributed by atoms with Gasteiger partial charge >= 0.3 is 0 Å². The number of nitrogens with one attached hydrogen (secondary N) is 1. The Bertz CT molecular complexity index is 1050. The van der Waals surface area contributed by atoms with Crippen LogP contribution >= 0.6 is 11.3 Å². The molecular formula is C20H13F2NO3S. The zero-order valence-corrected chi connectivity index (χ0v) is 14.9. The van der Waals surface area contributed by atoms with E-state index in [0.717, 1.165) is 0 Å². The minimum Gasteiger partial charge on any atom is -0.497 e. The number of fused-ring (bicyclic) bond motifs is 1. The van der Waals surface area contributed by atoms with Crippen LogP contribution in [0.2, 0.25) is 0 Å². The molecular weight excluding hydrogens is 372 g/mol. The normalized spacial score (nSPS) is 18.8. The number of ketones is 1. The molecule has 0 aliphatic carbocycles. The van der Waals surface area contributed by atoms with Gasteiger partial charge in [0.15, 0.2) is 5.13 Å². The molecule has 4 rings (SSSR count). The summed E-state index contributed by atoms with van der Waals surface area (Å²) in [7, 11) is 1.45. The summed E-state index contributed by atoms with van der Waals surface area (Å²) in [5.74, 6) is -1.75. The fraction of sp³-hybridized carbons (Fsp3) is 0.100. The number of carbonyl (C=O) groups excluding carboxylic acids is 2. The highest BCUT2D eigenvalue weighted by atomic mass is 32.1. The van der Waals surface area contributed by atoms with Crippen molar-refractivity contribution in [2.45, 2.75) is 5.67 Å². The molecule has 2 heterocycles. The van der Waals surface area contributed by atoms with Crippen molar-refractivity contribution in [2.75, 3.05) is 12.4 Å². The van der Waals surface area contributed by atoms with Gasteiger partial charge in [-0.25, -0.2) is 4.39 Å². The number of alkyl halides is 1. The first kappa shape index (κ1) is 17.4. The standard InChI is InChI=1S/C20H13F2NO3S/c1-26-13-9-7-12(8-10-13)20(22)16(24)15-14(11-5-3-2-4-6-11)17(21)27-18(15)23-19(20)25/h2-10H,1H3,(H,23,25). The van der Waals surface area contributed by atoms with E-state index in [9.17, 15) is 14.0 Å². The number of amides is 1. The van der Waals surface area contributed by atoms with E-state index in [0.29, 0.717) is 22.6 Å². The van der Waals surface area contributed by atoms with Crippen LogP contribution in [0.25, 0.3) is 11.1 Å². The van der Waals surface area contributed by atoms with Gasteiger partial charge in [0.2, 0.25) is 5.78 Å². The highest BCUT2D eigenvalue weighted by Crippen LogP contribution is 2.47. The van der Waals surface area contributed by atoms with Crippen molar-refractivity contribution in [2.24, 2.45) is 0 Å². The molecule has 27 heavy (non-hydrogen) atoms. The summed E-state index contributed by atoms with van der Waals surface area (Å²) in [4.78, 5) is 25.5. The summed E-state index contributed by atoms with van der Waals surface area (Å²) in [5, 5.41) is 1.71. The van der Waals surface area contributed by atoms with Crippen LogP contribution in [-0.2, 0) is 10.5 Å². The summed E-state index contributed by atoms with van der Waals surface area (Å²) in [6.45, 7) is 0. The summed E-state index contributed by atoms with van der Waals surface area (Å²) in [6, 6.07) is 13.9. The maximum Gasteiger partial charge on any atom is 0.276 e. The number of rotatable bonds is 3. The Balaban J connectivity index is 1.89. The maximum absolute atomic E-state index is 15.8. The van der Waals surface area contributed by atoms with Crippen LogP contribution in [0.1, 0.15) is 15.9 Å². The van der Waals surface area contributed by atoms with Gasteiger partial charge in [-0.3, -0.25) is 9.59 Å². The molecule has 1 aromatic heterocycles. The van der Waals surface area contributed by atoms with Gasteiger partial charge < -0.3 is 10.1 Å². The van der Waals surface area contributed by atoms with Crippen LogP contribution in [0, 0.1) is 5.13 Å². The molecule has 0 fully saturated rings. The molecule has 1 aliphatic heterocycles. The van der Waals surface area contributed by atoms with Crippen LogP contribution in [0.15, 0.2) is 54.6 Å². The quantitative estimate of drug-likeness (QED) is 0.673. The van der Waals surface area contributed by atoms with E-state index in [1.54, 1.807) is 30.3 Å². The molecule has 7 heteroatoms. The zero-order chi connectivity index (χ0) is 19.2. The van der Waals surface area contributed by atoms with Crippen molar-refractivity contribution < 1.29 is 23.1 Å². The number of benzene rings is 2. The van der Waals surface area contributed by atoms with Crippen LogP contribution in [-0.4, -0.2) is 18.8 Å². The number of Topliss-reactive ketones (excluding diaryl/α,β-unsaturated/α-hetero) is 1. The predicted octanol–water partition coefficient (Wildman–Crippen LogP) is 4.56. The van der Waals surface area contributed by atoms with Gasteiger partial charge in [-0.1, -0.05) is 53.8 Å². The molecule has 0 saturated heterocycles. The van der Waals surface area contributed by atoms with Crippen LogP contribution in [0.3, 0.4) is 0 Å². The molecule has 3 aromatic rings. The molecule has 1 unspecified atom stereocenters. The second kappa shape index (κ2) is 6.28. The number of carbonyl (C=O) groups is 2. The number of methoxy groups -OCH3 is 1. The van der Waals surface area contributed by atoms with Gasteiger partial charge in [-0.05, 0) is 17.7 Å². The van der Waals surface area contributed by atoms with E-state index >= 15 is 4.39 Å². The second-order valence-electron chi connectivity index (χ2n) is 5.99. The smallest absolute Gasteiger partial charge is 0.276 e. The summed E-state index contributed by atoms with van der Waals surface area (Å²) >= 11 is 0.615. The van der Waals surface area contributed by atoms with Gasteiger partial charge in [-0.2, -0.15) is 4.39 Å². The average molecular weight is 385 g/mol. The zero-order valence-electron chi connectivity index (χ0n) is 14.1. The molecule has 136 valence electrons. The second-order valence-corrected chi connectivity index (χ2v) is 6.96. The van der Waals surface area contributed by atoms with E-state index in [-0.39, 0.29) is 21.7 Å². The molecule has 4 nitrogen and oxygen atoms in total. The topological polar surface area (TPSA) is 55.4 Å². The van der Waals surface area contributed by atoms with Crippen molar-refractivity contribution in [1.82, 2.24) is 0 Å². The fourth-order valence-corrected chi connectivity index (χ4v) is 4.06. The van der Waals surface area contributed by atoms with E-state index in [1.807, 2.05) is 0 Å². The Kier molecular flexibility index (Phi) is 4.04. The molecule has 1 aliphatic rings. The molecule has 0 radical (unpaired) electrons. The minimum atomic E-state index is -2.95. The largest absolute Gasteiger partial charge is 0.497 e. The minimum absolute atomic E-state index is 0.00358. The van der Waals surface area contributed by atoms with Crippen molar-refractivity contribution >= 4 is 28.0 Å². The summed E-state index contributed by atoms with van der Waals surface area (Å²) in [5.41, 5.74) is -2.80. The lowest BCUT2D eigenvalue weighted by atomic mass is 9.83. The fourth-order valence-electron chi connectivity index (χ4n) is 3.12. The third-order valence-electron chi connectivity index (χ3n) is 4.50. The van der Waals surface area contributed by atoms with Crippen molar-refractivity contribution in [3.8, 4) is 16.9 Å². The third kappa shape index (κ3) is 2.54. The first-order chi connectivity index (χ1) is 13.0. The lowest BCUT2D eigenvalue weighted by Crippen LogP contribution is -2.47. The molecule has 1 N–H and O–H groups in total.